The van der Waals surface area contributed by atoms with Crippen molar-refractivity contribution < 1.29 is 53.4 Å². The number of alkyl halides is 6. The van der Waals surface area contributed by atoms with E-state index >= 15 is 4.39 Å². The van der Waals surface area contributed by atoms with Crippen LogP contribution in [0.4, 0.5) is 30.7 Å². The van der Waals surface area contributed by atoms with E-state index in [1.165, 1.54) is 19.9 Å². The van der Waals surface area contributed by atoms with Crippen LogP contribution in [0.2, 0.25) is 0 Å². The highest BCUT2D eigenvalue weighted by atomic mass is 32.2. The van der Waals surface area contributed by atoms with Gasteiger partial charge >= 0.3 is 0 Å². The number of fused-ring (bicyclic) bond motifs is 1. The quantitative estimate of drug-likeness (QED) is 0.229. The molecule has 0 radical (unpaired) electrons. The predicted octanol–water partition coefficient (Wildman–Crippen LogP) is 4.71. The Labute approximate surface area is 263 Å². The molecule has 2 aromatic heterocycles. The minimum Gasteiger partial charge on any atom is -0.340 e. The average molecular weight is 697 g/mol. The molecule has 1 aliphatic carbocycles. The van der Waals surface area contributed by atoms with Gasteiger partial charge in [0.25, 0.3) is 5.91 Å². The number of aryl methyl sites for hydroxylation is 1. The molecule has 6 atom stereocenters. The Hall–Kier alpha value is -3.77. The molecule has 11 nitrogen and oxygen atoms in total. The Balaban J connectivity index is 1.54. The second-order valence-electron chi connectivity index (χ2n) is 11.8. The van der Waals surface area contributed by atoms with Gasteiger partial charge < -0.3 is 10.3 Å². The molecule has 3 heterocycles. The molecule has 2 fully saturated rings. The van der Waals surface area contributed by atoms with Crippen molar-refractivity contribution in [1.29, 1.82) is 0 Å². The number of aromatic nitrogens is 4. The summed E-state index contributed by atoms with van der Waals surface area (Å²) in [5.41, 5.74) is -1.02. The van der Waals surface area contributed by atoms with Crippen LogP contribution < -0.4 is 5.32 Å². The number of halogens is 7. The predicted molar refractivity (Wildman–Crippen MR) is 150 cm³/mol. The first-order valence-corrected chi connectivity index (χ1v) is 16.6. The second-order valence-corrected chi connectivity index (χ2v) is 14.3. The number of nitrogens with one attached hydrogen (secondary N) is 2. The number of aromatic amines is 1. The molecular formula is C28H31F7N6O5S. The summed E-state index contributed by atoms with van der Waals surface area (Å²) >= 11 is 0. The van der Waals surface area contributed by atoms with Crippen molar-refractivity contribution in [3.63, 3.8) is 0 Å². The van der Waals surface area contributed by atoms with Crippen LogP contribution in [0.25, 0.3) is 11.0 Å². The van der Waals surface area contributed by atoms with Gasteiger partial charge in [-0.25, -0.2) is 48.8 Å². The fourth-order valence-electron chi connectivity index (χ4n) is 5.97. The topological polar surface area (TPSA) is 151 Å². The zero-order valence-electron chi connectivity index (χ0n) is 25.0. The van der Waals surface area contributed by atoms with Gasteiger partial charge in [-0.15, -0.1) is 0 Å². The van der Waals surface area contributed by atoms with Crippen LogP contribution in [0, 0.1) is 18.7 Å². The molecule has 2 amide bonds. The van der Waals surface area contributed by atoms with Gasteiger partial charge in [0.1, 0.15) is 26.9 Å². The van der Waals surface area contributed by atoms with Crippen molar-refractivity contribution in [3.05, 3.63) is 40.7 Å². The van der Waals surface area contributed by atoms with Crippen molar-refractivity contribution >= 4 is 32.7 Å². The summed E-state index contributed by atoms with van der Waals surface area (Å²) in [4.78, 5) is 33.2. The number of likely N-dealkylation sites (tertiary alicyclic amines) is 1. The van der Waals surface area contributed by atoms with Gasteiger partial charge in [0.15, 0.2) is 23.9 Å². The van der Waals surface area contributed by atoms with Gasteiger partial charge in [0.2, 0.25) is 24.4 Å². The van der Waals surface area contributed by atoms with Crippen LogP contribution in [0.3, 0.4) is 0 Å². The molecule has 0 spiro atoms. The van der Waals surface area contributed by atoms with Gasteiger partial charge in [-0.3, -0.25) is 14.5 Å². The first kappa shape index (κ1) is 34.6. The Bertz CT molecular complexity index is 1730. The summed E-state index contributed by atoms with van der Waals surface area (Å²) in [7, 11) is -3.81. The van der Waals surface area contributed by atoms with Crippen LogP contribution in [-0.4, -0.2) is 87.8 Å². The van der Waals surface area contributed by atoms with Crippen LogP contribution in [0.5, 0.6) is 0 Å². The number of carbonyl (C=O) groups is 2. The first-order valence-electron chi connectivity index (χ1n) is 14.8. The molecular weight excluding hydrogens is 665 g/mol. The van der Waals surface area contributed by atoms with E-state index in [4.69, 9.17) is 0 Å². The minimum absolute atomic E-state index is 0.00820. The molecule has 1 saturated carbocycles. The van der Waals surface area contributed by atoms with Gasteiger partial charge in [-0.2, -0.15) is 0 Å². The van der Waals surface area contributed by atoms with Gasteiger partial charge in [-0.1, -0.05) is 18.1 Å². The van der Waals surface area contributed by atoms with Crippen molar-refractivity contribution in [2.75, 3.05) is 11.5 Å². The first-order chi connectivity index (χ1) is 22.0. The summed E-state index contributed by atoms with van der Waals surface area (Å²) < 4.78 is 130. The van der Waals surface area contributed by atoms with Crippen LogP contribution >= 0.6 is 0 Å². The third-order valence-electron chi connectivity index (χ3n) is 8.77. The Morgan fingerprint density at radius 2 is 1.74 bits per heavy atom. The monoisotopic (exact) mass is 696 g/mol. The third kappa shape index (κ3) is 6.80. The van der Waals surface area contributed by atoms with Crippen molar-refractivity contribution in [2.45, 2.75) is 88.8 Å². The zero-order valence-corrected chi connectivity index (χ0v) is 25.8. The minimum atomic E-state index is -3.81. The van der Waals surface area contributed by atoms with Crippen LogP contribution in [0.15, 0.2) is 16.8 Å². The maximum atomic E-state index is 16.2. The molecule has 2 N–H and O–H groups in total. The van der Waals surface area contributed by atoms with E-state index in [1.807, 2.05) is 0 Å². The third-order valence-corrected chi connectivity index (χ3v) is 10.5. The average Bonchev–Trinajstić information content (AvgIpc) is 3.71. The highest BCUT2D eigenvalue weighted by molar-refractivity contribution is 7.91. The molecule has 19 heteroatoms. The summed E-state index contributed by atoms with van der Waals surface area (Å²) in [5.74, 6) is -10.1. The number of sulfone groups is 1. The number of nitrogens with zero attached hydrogens (tertiary/aromatic N) is 4. The summed E-state index contributed by atoms with van der Waals surface area (Å²) in [6.07, 6.45) is -13.9. The van der Waals surface area contributed by atoms with E-state index in [2.05, 4.69) is 30.2 Å². The number of imidazole rings is 1. The molecule has 0 bridgehead atoms. The van der Waals surface area contributed by atoms with E-state index in [9.17, 15) is 44.3 Å². The molecule has 1 saturated heterocycles. The fraction of sp³-hybridized carbons (Fsp3) is 0.607. The molecule has 258 valence electrons. The van der Waals surface area contributed by atoms with E-state index in [0.29, 0.717) is 0 Å². The molecule has 47 heavy (non-hydrogen) atoms. The van der Waals surface area contributed by atoms with Crippen molar-refractivity contribution in [1.82, 2.24) is 30.5 Å². The number of rotatable bonds is 10. The Kier molecular flexibility index (Phi) is 9.58. The molecule has 1 aliphatic heterocycles. The van der Waals surface area contributed by atoms with E-state index in [0.717, 1.165) is 6.07 Å². The van der Waals surface area contributed by atoms with Crippen molar-refractivity contribution in [2.24, 2.45) is 5.92 Å². The lowest BCUT2D eigenvalue weighted by atomic mass is 9.81. The van der Waals surface area contributed by atoms with Gasteiger partial charge in [-0.05, 0) is 43.3 Å². The van der Waals surface area contributed by atoms with Crippen LogP contribution in [0.1, 0.15) is 78.6 Å². The number of hydrogen-bond acceptors (Lipinski definition) is 8. The number of hydrogen-bond donors (Lipinski definition) is 2. The number of carbonyl (C=O) groups excluding carboxylic acids is 2. The zero-order chi connectivity index (χ0) is 34.4. The largest absolute Gasteiger partial charge is 0.340 e. The molecule has 3 aromatic rings. The van der Waals surface area contributed by atoms with Crippen LogP contribution in [-0.2, 0) is 14.6 Å². The SMILES string of the molecule is CCS(=O)(=O)CC[C@@H](C(=O)N1C(F)C(F)C(F)C1F)c1ccc2[nH]c([C@@H](NC(=O)c3nonc3C)C3CCC(F)(F)CC3)nc2c1F. The lowest BCUT2D eigenvalue weighted by molar-refractivity contribution is -0.144. The molecule has 1 aromatic carbocycles. The molecule has 4 unspecified atom stereocenters. The number of H-pyrrole nitrogens is 1. The van der Waals surface area contributed by atoms with Gasteiger partial charge in [0, 0.05) is 24.2 Å². The highest BCUT2D eigenvalue weighted by Crippen LogP contribution is 2.42. The lowest BCUT2D eigenvalue weighted by Gasteiger charge is -2.33. The highest BCUT2D eigenvalue weighted by Gasteiger charge is 2.55. The summed E-state index contributed by atoms with van der Waals surface area (Å²) in [5, 5.41) is 9.75. The fourth-order valence-corrected chi connectivity index (χ4v) is 6.85. The Morgan fingerprint density at radius 3 is 2.32 bits per heavy atom. The maximum absolute atomic E-state index is 16.2. The maximum Gasteiger partial charge on any atom is 0.276 e. The van der Waals surface area contributed by atoms with E-state index < -0.39 is 112 Å². The molecule has 2 aliphatic rings. The molecule has 5 rings (SSSR count). The summed E-state index contributed by atoms with van der Waals surface area (Å²) in [6.45, 7) is 2.76. The Morgan fingerprint density at radius 1 is 1.11 bits per heavy atom. The van der Waals surface area contributed by atoms with Gasteiger partial charge in [0.05, 0.1) is 23.2 Å². The summed E-state index contributed by atoms with van der Waals surface area (Å²) in [6, 6.07) is 1.19. The lowest BCUT2D eigenvalue weighted by Crippen LogP contribution is -2.43. The second kappa shape index (κ2) is 13.0. The number of amides is 2. The normalized spacial score (nSPS) is 24.8. The van der Waals surface area contributed by atoms with Crippen molar-refractivity contribution in [3.8, 4) is 0 Å². The van der Waals surface area contributed by atoms with E-state index in [-0.39, 0.29) is 46.2 Å². The number of benzene rings is 1. The smallest absolute Gasteiger partial charge is 0.276 e. The van der Waals surface area contributed by atoms with E-state index in [1.54, 1.807) is 0 Å². The standard InChI is InChI=1S/C28H31F7N6O5S/c1-3-47(44,45)11-8-15(27(43)41-23(32)18(30)19(31)24(41)33)14-4-5-16-22(17(14)29)37-25(36-16)21(13-6-9-28(34,35)10-7-13)38-26(42)20-12(2)39-46-40-20/h4-5,13,15,18-19,21,23-24H,3,6-11H2,1-2H3,(H,36,37)(H,38,42)/t15-,18?,19?,21+,23?,24?/m1/s1.